The number of carbonyl (C=O) groups excluding carboxylic acids is 1. The lowest BCUT2D eigenvalue weighted by molar-refractivity contribution is 0.102. The summed E-state index contributed by atoms with van der Waals surface area (Å²) in [5, 5.41) is 3.57. The first kappa shape index (κ1) is 22.1. The smallest absolute Gasteiger partial charge is 0.255 e. The average Bonchev–Trinajstić information content (AvgIpc) is 2.84. The molecule has 0 atom stereocenters. The number of fused-ring (bicyclic) bond motifs is 1. The molecule has 1 amide bonds. The molecule has 168 valence electrons. The average molecular weight is 446 g/mol. The van der Waals surface area contributed by atoms with Crippen LogP contribution in [-0.4, -0.2) is 31.7 Å². The highest BCUT2D eigenvalue weighted by Crippen LogP contribution is 2.32. The first-order valence-corrected chi connectivity index (χ1v) is 10.4. The molecular weight excluding hydrogens is 423 g/mol. The molecule has 6 nitrogen and oxygen atoms in total. The Hall–Kier alpha value is -4.13. The zero-order chi connectivity index (χ0) is 23.4. The molecule has 0 bridgehead atoms. The van der Waals surface area contributed by atoms with Crippen LogP contribution in [0.1, 0.15) is 17.3 Å². The number of halogens is 1. The maximum absolute atomic E-state index is 13.3. The SMILES string of the molecule is CCOc1cc(-c2ccc(F)cc2)nc2ccc(C(=O)Nc3cc(OC)ccc3OC)cc12. The molecule has 1 N–H and O–H groups in total. The van der Waals surface area contributed by atoms with Gasteiger partial charge >= 0.3 is 0 Å². The number of carbonyl (C=O) groups is 1. The Balaban J connectivity index is 1.71. The highest BCUT2D eigenvalue weighted by Gasteiger charge is 2.15. The zero-order valence-corrected chi connectivity index (χ0v) is 18.5. The van der Waals surface area contributed by atoms with E-state index in [1.54, 1.807) is 61.7 Å². The molecule has 0 saturated heterocycles. The summed E-state index contributed by atoms with van der Waals surface area (Å²) < 4.78 is 29.8. The number of methoxy groups -OCH3 is 2. The lowest BCUT2D eigenvalue weighted by Crippen LogP contribution is -2.13. The van der Waals surface area contributed by atoms with Crippen molar-refractivity contribution in [2.24, 2.45) is 0 Å². The number of rotatable bonds is 7. The van der Waals surface area contributed by atoms with Crippen molar-refractivity contribution in [1.82, 2.24) is 4.98 Å². The number of hydrogen-bond acceptors (Lipinski definition) is 5. The minimum atomic E-state index is -0.312. The predicted octanol–water partition coefficient (Wildman–Crippen LogP) is 5.71. The van der Waals surface area contributed by atoms with E-state index >= 15 is 0 Å². The third-order valence-electron chi connectivity index (χ3n) is 5.13. The van der Waals surface area contributed by atoms with Gasteiger partial charge in [-0.15, -0.1) is 0 Å². The number of amides is 1. The van der Waals surface area contributed by atoms with Crippen molar-refractivity contribution in [3.63, 3.8) is 0 Å². The van der Waals surface area contributed by atoms with Gasteiger partial charge < -0.3 is 19.5 Å². The Bertz CT molecular complexity index is 1310. The van der Waals surface area contributed by atoms with Gasteiger partial charge in [0.05, 0.1) is 37.7 Å². The van der Waals surface area contributed by atoms with Crippen LogP contribution in [0.3, 0.4) is 0 Å². The van der Waals surface area contributed by atoms with Crippen molar-refractivity contribution < 1.29 is 23.4 Å². The molecule has 0 saturated carbocycles. The molecule has 4 aromatic rings. The molecule has 0 aliphatic heterocycles. The standard InChI is InChI=1S/C26H23FN2O4/c1-4-33-25-15-22(16-5-8-18(27)9-6-16)28-21-11-7-17(13-20(21)25)26(30)29-23-14-19(31-2)10-12-24(23)32-3/h5-15H,4H2,1-3H3,(H,29,30). The lowest BCUT2D eigenvalue weighted by atomic mass is 10.1. The van der Waals surface area contributed by atoms with Crippen molar-refractivity contribution in [2.75, 3.05) is 26.1 Å². The quantitative estimate of drug-likeness (QED) is 0.394. The molecule has 1 aromatic heterocycles. The van der Waals surface area contributed by atoms with Gasteiger partial charge in [0, 0.05) is 28.6 Å². The minimum Gasteiger partial charge on any atom is -0.497 e. The predicted molar refractivity (Wildman–Crippen MR) is 126 cm³/mol. The van der Waals surface area contributed by atoms with Crippen LogP contribution in [0.15, 0.2) is 66.7 Å². The fourth-order valence-electron chi connectivity index (χ4n) is 3.49. The summed E-state index contributed by atoms with van der Waals surface area (Å²) in [6.07, 6.45) is 0. The molecule has 1 heterocycles. The highest BCUT2D eigenvalue weighted by molar-refractivity contribution is 6.07. The van der Waals surface area contributed by atoms with Crippen molar-refractivity contribution in [1.29, 1.82) is 0 Å². The monoisotopic (exact) mass is 446 g/mol. The third kappa shape index (κ3) is 4.72. The van der Waals surface area contributed by atoms with Crippen LogP contribution in [0, 0.1) is 5.82 Å². The maximum Gasteiger partial charge on any atom is 0.255 e. The van der Waals surface area contributed by atoms with E-state index in [4.69, 9.17) is 14.2 Å². The van der Waals surface area contributed by atoms with Gasteiger partial charge in [0.15, 0.2) is 0 Å². The Morgan fingerprint density at radius 2 is 1.73 bits per heavy atom. The summed E-state index contributed by atoms with van der Waals surface area (Å²) in [5.74, 6) is 1.09. The molecule has 0 fully saturated rings. The van der Waals surface area contributed by atoms with Crippen LogP contribution in [-0.2, 0) is 0 Å². The summed E-state index contributed by atoms with van der Waals surface area (Å²) in [6.45, 7) is 2.33. The fraction of sp³-hybridized carbons (Fsp3) is 0.154. The van der Waals surface area contributed by atoms with Crippen molar-refractivity contribution in [3.05, 3.63) is 78.1 Å². The number of aromatic nitrogens is 1. The number of nitrogens with one attached hydrogen (secondary N) is 1. The molecule has 0 radical (unpaired) electrons. The van der Waals surface area contributed by atoms with E-state index < -0.39 is 0 Å². The van der Waals surface area contributed by atoms with Crippen molar-refractivity contribution in [3.8, 4) is 28.5 Å². The van der Waals surface area contributed by atoms with Crippen LogP contribution in [0.25, 0.3) is 22.2 Å². The maximum atomic E-state index is 13.3. The zero-order valence-electron chi connectivity index (χ0n) is 18.5. The Kier molecular flexibility index (Phi) is 6.40. The number of ether oxygens (including phenoxy) is 3. The topological polar surface area (TPSA) is 69.7 Å². The summed E-state index contributed by atoms with van der Waals surface area (Å²) in [4.78, 5) is 17.7. The van der Waals surface area contributed by atoms with Crippen molar-refractivity contribution in [2.45, 2.75) is 6.92 Å². The fourth-order valence-corrected chi connectivity index (χ4v) is 3.49. The molecule has 0 unspecified atom stereocenters. The summed E-state index contributed by atoms with van der Waals surface area (Å²) in [5.41, 5.74) is 3.02. The second kappa shape index (κ2) is 9.56. The van der Waals surface area contributed by atoms with Crippen LogP contribution in [0.4, 0.5) is 10.1 Å². The van der Waals surface area contributed by atoms with E-state index in [2.05, 4.69) is 10.3 Å². The number of anilines is 1. The lowest BCUT2D eigenvalue weighted by Gasteiger charge is -2.13. The van der Waals surface area contributed by atoms with Crippen molar-refractivity contribution >= 4 is 22.5 Å². The van der Waals surface area contributed by atoms with Gasteiger partial charge in [-0.05, 0) is 61.5 Å². The van der Waals surface area contributed by atoms with Gasteiger partial charge in [0.2, 0.25) is 0 Å². The highest BCUT2D eigenvalue weighted by atomic mass is 19.1. The largest absolute Gasteiger partial charge is 0.497 e. The van der Waals surface area contributed by atoms with Crippen LogP contribution < -0.4 is 19.5 Å². The molecule has 0 aliphatic carbocycles. The number of nitrogens with zero attached hydrogens (tertiary/aromatic N) is 1. The van der Waals surface area contributed by atoms with Crippen LogP contribution >= 0.6 is 0 Å². The second-order valence-corrected chi connectivity index (χ2v) is 7.20. The van der Waals surface area contributed by atoms with E-state index in [-0.39, 0.29) is 11.7 Å². The molecule has 3 aromatic carbocycles. The Labute approximate surface area is 190 Å². The minimum absolute atomic E-state index is 0.312. The van der Waals surface area contributed by atoms with Crippen LogP contribution in [0.2, 0.25) is 0 Å². The van der Waals surface area contributed by atoms with Gasteiger partial charge in [-0.25, -0.2) is 9.37 Å². The van der Waals surface area contributed by atoms with E-state index in [0.717, 1.165) is 5.56 Å². The second-order valence-electron chi connectivity index (χ2n) is 7.20. The summed E-state index contributed by atoms with van der Waals surface area (Å²) >= 11 is 0. The molecular formula is C26H23FN2O4. The van der Waals surface area contributed by atoms with E-state index in [9.17, 15) is 9.18 Å². The number of benzene rings is 3. The Morgan fingerprint density at radius 3 is 2.42 bits per heavy atom. The van der Waals surface area contributed by atoms with Gasteiger partial charge in [-0.2, -0.15) is 0 Å². The van der Waals surface area contributed by atoms with E-state index in [1.807, 2.05) is 6.92 Å². The van der Waals surface area contributed by atoms with Gasteiger partial charge in [-0.1, -0.05) is 0 Å². The van der Waals surface area contributed by atoms with E-state index in [1.165, 1.54) is 19.2 Å². The van der Waals surface area contributed by atoms with E-state index in [0.29, 0.717) is 51.7 Å². The molecule has 7 heteroatoms. The van der Waals surface area contributed by atoms with Gasteiger partial charge in [0.1, 0.15) is 23.1 Å². The molecule has 33 heavy (non-hydrogen) atoms. The third-order valence-corrected chi connectivity index (χ3v) is 5.13. The van der Waals surface area contributed by atoms with Crippen LogP contribution in [0.5, 0.6) is 17.2 Å². The number of hydrogen-bond donors (Lipinski definition) is 1. The summed E-state index contributed by atoms with van der Waals surface area (Å²) in [7, 11) is 3.09. The molecule has 0 aliphatic rings. The Morgan fingerprint density at radius 1 is 0.939 bits per heavy atom. The van der Waals surface area contributed by atoms with Gasteiger partial charge in [-0.3, -0.25) is 4.79 Å². The summed E-state index contributed by atoms with van der Waals surface area (Å²) in [6, 6.07) is 18.3. The molecule has 0 spiro atoms. The first-order chi connectivity index (χ1) is 16.0. The first-order valence-electron chi connectivity index (χ1n) is 10.4. The van der Waals surface area contributed by atoms with Gasteiger partial charge in [0.25, 0.3) is 5.91 Å². The molecule has 4 rings (SSSR count). The normalized spacial score (nSPS) is 10.7. The number of pyridine rings is 1.